The van der Waals surface area contributed by atoms with Crippen LogP contribution < -0.4 is 10.1 Å². The maximum atomic E-state index is 5.24. The van der Waals surface area contributed by atoms with E-state index in [4.69, 9.17) is 9.47 Å². The normalized spacial score (nSPS) is 9.50. The number of hydrogen-bond acceptors (Lipinski definition) is 3. The highest BCUT2D eigenvalue weighted by atomic mass is 16.7. The molecule has 0 heterocycles. The number of anilines is 1. The van der Waals surface area contributed by atoms with Gasteiger partial charge in [-0.3, -0.25) is 0 Å². The quantitative estimate of drug-likeness (QED) is 0.692. The zero-order valence-electron chi connectivity index (χ0n) is 7.33. The van der Waals surface area contributed by atoms with Crippen LogP contribution in [0.3, 0.4) is 0 Å². The summed E-state index contributed by atoms with van der Waals surface area (Å²) < 4.78 is 10.0. The minimum Gasteiger partial charge on any atom is -0.467 e. The minimum absolute atomic E-state index is 0.285. The first kappa shape index (κ1) is 8.87. The molecular formula is C9H13NO2. The molecule has 0 saturated heterocycles. The van der Waals surface area contributed by atoms with Gasteiger partial charge in [-0.25, -0.2) is 0 Å². The Balaban J connectivity index is 2.60. The minimum atomic E-state index is 0.285. The molecule has 1 rings (SSSR count). The van der Waals surface area contributed by atoms with Gasteiger partial charge in [-0.15, -0.1) is 0 Å². The highest BCUT2D eigenvalue weighted by Gasteiger charge is 1.93. The molecule has 0 aliphatic heterocycles. The van der Waals surface area contributed by atoms with Gasteiger partial charge in [0.2, 0.25) is 0 Å². The Bertz CT molecular complexity index is 238. The lowest BCUT2D eigenvalue weighted by atomic mass is 10.3. The second-order valence-corrected chi connectivity index (χ2v) is 2.33. The summed E-state index contributed by atoms with van der Waals surface area (Å²) in [5.41, 5.74) is 1.03. The summed E-state index contributed by atoms with van der Waals surface area (Å²) in [5, 5.41) is 3.02. The molecule has 0 aromatic heterocycles. The standard InChI is InChI=1S/C9H13NO2/c1-10-8-4-3-5-9(6-8)12-7-11-2/h3-6,10H,7H2,1-2H3. The van der Waals surface area contributed by atoms with Crippen molar-refractivity contribution in [2.75, 3.05) is 26.3 Å². The second kappa shape index (κ2) is 4.62. The molecule has 66 valence electrons. The van der Waals surface area contributed by atoms with Gasteiger partial charge in [-0.2, -0.15) is 0 Å². The molecule has 3 heteroatoms. The lowest BCUT2D eigenvalue weighted by molar-refractivity contribution is 0.0512. The van der Waals surface area contributed by atoms with Crippen LogP contribution in [0.25, 0.3) is 0 Å². The molecule has 1 aromatic rings. The van der Waals surface area contributed by atoms with Gasteiger partial charge in [0.25, 0.3) is 0 Å². The average molecular weight is 167 g/mol. The van der Waals surface area contributed by atoms with Gasteiger partial charge in [0, 0.05) is 25.9 Å². The zero-order valence-corrected chi connectivity index (χ0v) is 7.33. The number of nitrogens with one attached hydrogen (secondary N) is 1. The SMILES string of the molecule is CNc1cccc(OCOC)c1. The first-order chi connectivity index (χ1) is 5.86. The van der Waals surface area contributed by atoms with Crippen LogP contribution >= 0.6 is 0 Å². The molecule has 1 N–H and O–H groups in total. The smallest absolute Gasteiger partial charge is 0.188 e. The summed E-state index contributed by atoms with van der Waals surface area (Å²) in [6.07, 6.45) is 0. The van der Waals surface area contributed by atoms with Gasteiger partial charge in [0.1, 0.15) is 5.75 Å². The van der Waals surface area contributed by atoms with E-state index in [0.717, 1.165) is 11.4 Å². The van der Waals surface area contributed by atoms with Gasteiger partial charge in [-0.05, 0) is 12.1 Å². The Kier molecular flexibility index (Phi) is 3.41. The zero-order chi connectivity index (χ0) is 8.81. The average Bonchev–Trinajstić information content (AvgIpc) is 2.15. The van der Waals surface area contributed by atoms with Gasteiger partial charge < -0.3 is 14.8 Å². The van der Waals surface area contributed by atoms with E-state index in [1.807, 2.05) is 31.3 Å². The molecule has 0 aliphatic rings. The van der Waals surface area contributed by atoms with Crippen molar-refractivity contribution >= 4 is 5.69 Å². The van der Waals surface area contributed by atoms with Gasteiger partial charge >= 0.3 is 0 Å². The van der Waals surface area contributed by atoms with Crippen LogP contribution in [0.2, 0.25) is 0 Å². The predicted molar refractivity (Wildman–Crippen MR) is 48.5 cm³/mol. The van der Waals surface area contributed by atoms with Crippen LogP contribution in [0, 0.1) is 0 Å². The molecule has 0 unspecified atom stereocenters. The molecule has 0 fully saturated rings. The van der Waals surface area contributed by atoms with Crippen LogP contribution in [-0.2, 0) is 4.74 Å². The van der Waals surface area contributed by atoms with Crippen molar-refractivity contribution in [3.05, 3.63) is 24.3 Å². The second-order valence-electron chi connectivity index (χ2n) is 2.33. The molecular weight excluding hydrogens is 154 g/mol. The Morgan fingerprint density at radius 1 is 1.42 bits per heavy atom. The van der Waals surface area contributed by atoms with Crippen LogP contribution in [0.5, 0.6) is 5.75 Å². The van der Waals surface area contributed by atoms with Crippen LogP contribution in [-0.4, -0.2) is 21.0 Å². The van der Waals surface area contributed by atoms with Crippen LogP contribution in [0.15, 0.2) is 24.3 Å². The summed E-state index contributed by atoms with van der Waals surface area (Å²) in [4.78, 5) is 0. The Morgan fingerprint density at radius 2 is 2.25 bits per heavy atom. The maximum absolute atomic E-state index is 5.24. The van der Waals surface area contributed by atoms with Crippen molar-refractivity contribution in [1.82, 2.24) is 0 Å². The lowest BCUT2D eigenvalue weighted by Crippen LogP contribution is -1.99. The molecule has 0 aliphatic carbocycles. The number of methoxy groups -OCH3 is 1. The van der Waals surface area contributed by atoms with Crippen molar-refractivity contribution in [3.8, 4) is 5.75 Å². The van der Waals surface area contributed by atoms with E-state index in [2.05, 4.69) is 5.32 Å². The van der Waals surface area contributed by atoms with E-state index < -0.39 is 0 Å². The first-order valence-corrected chi connectivity index (χ1v) is 3.76. The van der Waals surface area contributed by atoms with Gasteiger partial charge in [-0.1, -0.05) is 6.07 Å². The largest absolute Gasteiger partial charge is 0.467 e. The summed E-state index contributed by atoms with van der Waals surface area (Å²) in [5.74, 6) is 0.809. The van der Waals surface area contributed by atoms with E-state index in [0.29, 0.717) is 0 Å². The van der Waals surface area contributed by atoms with Crippen molar-refractivity contribution in [2.24, 2.45) is 0 Å². The fourth-order valence-electron chi connectivity index (χ4n) is 0.868. The van der Waals surface area contributed by atoms with E-state index in [9.17, 15) is 0 Å². The molecule has 3 nitrogen and oxygen atoms in total. The summed E-state index contributed by atoms with van der Waals surface area (Å²) in [6, 6.07) is 7.70. The first-order valence-electron chi connectivity index (χ1n) is 3.76. The van der Waals surface area contributed by atoms with Crippen molar-refractivity contribution in [3.63, 3.8) is 0 Å². The molecule has 0 amide bonds. The molecule has 0 saturated carbocycles. The highest BCUT2D eigenvalue weighted by Crippen LogP contribution is 2.16. The van der Waals surface area contributed by atoms with Gasteiger partial charge in [0.05, 0.1) is 0 Å². The lowest BCUT2D eigenvalue weighted by Gasteiger charge is -2.05. The summed E-state index contributed by atoms with van der Waals surface area (Å²) >= 11 is 0. The molecule has 0 radical (unpaired) electrons. The van der Waals surface area contributed by atoms with Crippen molar-refractivity contribution in [1.29, 1.82) is 0 Å². The summed E-state index contributed by atoms with van der Waals surface area (Å²) in [6.45, 7) is 0.285. The highest BCUT2D eigenvalue weighted by molar-refractivity contribution is 5.47. The van der Waals surface area contributed by atoms with E-state index in [-0.39, 0.29) is 6.79 Å². The van der Waals surface area contributed by atoms with Gasteiger partial charge in [0.15, 0.2) is 6.79 Å². The fourth-order valence-corrected chi connectivity index (χ4v) is 0.868. The Hall–Kier alpha value is -1.22. The third-order valence-corrected chi connectivity index (χ3v) is 1.47. The number of benzene rings is 1. The topological polar surface area (TPSA) is 30.5 Å². The van der Waals surface area contributed by atoms with Crippen molar-refractivity contribution in [2.45, 2.75) is 0 Å². The summed E-state index contributed by atoms with van der Waals surface area (Å²) in [7, 11) is 3.47. The van der Waals surface area contributed by atoms with E-state index >= 15 is 0 Å². The van der Waals surface area contributed by atoms with E-state index in [1.165, 1.54) is 0 Å². The maximum Gasteiger partial charge on any atom is 0.188 e. The van der Waals surface area contributed by atoms with Crippen LogP contribution in [0.4, 0.5) is 5.69 Å². The molecule has 0 spiro atoms. The Labute approximate surface area is 72.3 Å². The molecule has 0 bridgehead atoms. The molecule has 1 aromatic carbocycles. The third kappa shape index (κ3) is 2.43. The number of rotatable bonds is 4. The molecule has 12 heavy (non-hydrogen) atoms. The predicted octanol–water partition coefficient (Wildman–Crippen LogP) is 1.71. The Morgan fingerprint density at radius 3 is 2.92 bits per heavy atom. The van der Waals surface area contributed by atoms with E-state index in [1.54, 1.807) is 7.11 Å². The fraction of sp³-hybridized carbons (Fsp3) is 0.333. The number of hydrogen-bond donors (Lipinski definition) is 1. The van der Waals surface area contributed by atoms with Crippen molar-refractivity contribution < 1.29 is 9.47 Å². The third-order valence-electron chi connectivity index (χ3n) is 1.47. The molecule has 0 atom stereocenters. The number of ether oxygens (including phenoxy) is 2. The van der Waals surface area contributed by atoms with Crippen LogP contribution in [0.1, 0.15) is 0 Å². The monoisotopic (exact) mass is 167 g/mol.